The number of ether oxygens (including phenoxy) is 2. The molecule has 0 unspecified atom stereocenters. The Morgan fingerprint density at radius 3 is 2.41 bits per heavy atom. The molecule has 0 saturated heterocycles. The van der Waals surface area contributed by atoms with Crippen LogP contribution in [0, 0.1) is 0 Å². The third kappa shape index (κ3) is 6.21. The summed E-state index contributed by atoms with van der Waals surface area (Å²) in [5.74, 6) is -2.00. The molecule has 0 bridgehead atoms. The molecule has 144 valence electrons. The Morgan fingerprint density at radius 1 is 1.07 bits per heavy atom. The van der Waals surface area contributed by atoms with Gasteiger partial charge in [-0.25, -0.2) is 9.59 Å². The summed E-state index contributed by atoms with van der Waals surface area (Å²) in [6.45, 7) is -0.288. The van der Waals surface area contributed by atoms with Gasteiger partial charge in [0.2, 0.25) is 0 Å². The summed E-state index contributed by atoms with van der Waals surface area (Å²) in [6.07, 6.45) is -5.51. The summed E-state index contributed by atoms with van der Waals surface area (Å²) in [5, 5.41) is 11.2. The minimum atomic E-state index is -4.77. The number of aromatic carboxylic acids is 1. The van der Waals surface area contributed by atoms with E-state index in [1.807, 2.05) is 6.07 Å². The van der Waals surface area contributed by atoms with E-state index in [-0.39, 0.29) is 19.8 Å². The number of alkyl carbamates (subject to hydrolysis) is 1. The molecule has 0 radical (unpaired) electrons. The number of halogens is 3. The SMILES string of the molecule is O=C(NCCOc1ccc(C(=O)O)cc1C(F)(F)F)OCc1ccccc1. The maximum Gasteiger partial charge on any atom is 0.419 e. The fourth-order valence-electron chi connectivity index (χ4n) is 2.10. The van der Waals surface area contributed by atoms with Gasteiger partial charge in [-0.15, -0.1) is 0 Å². The van der Waals surface area contributed by atoms with Crippen LogP contribution in [0.1, 0.15) is 21.5 Å². The number of nitrogens with one attached hydrogen (secondary N) is 1. The maximum absolute atomic E-state index is 13.0. The van der Waals surface area contributed by atoms with Crippen molar-refractivity contribution in [3.05, 3.63) is 65.2 Å². The van der Waals surface area contributed by atoms with Crippen LogP contribution in [-0.4, -0.2) is 30.3 Å². The van der Waals surface area contributed by atoms with E-state index in [2.05, 4.69) is 5.32 Å². The minimum absolute atomic E-state index is 0.0579. The van der Waals surface area contributed by atoms with Crippen LogP contribution in [0.4, 0.5) is 18.0 Å². The summed E-state index contributed by atoms with van der Waals surface area (Å²) >= 11 is 0. The van der Waals surface area contributed by atoms with Crippen LogP contribution in [0.3, 0.4) is 0 Å². The van der Waals surface area contributed by atoms with Crippen molar-refractivity contribution in [1.29, 1.82) is 0 Å². The van der Waals surface area contributed by atoms with E-state index >= 15 is 0 Å². The summed E-state index contributed by atoms with van der Waals surface area (Å²) in [5.41, 5.74) is -0.913. The van der Waals surface area contributed by atoms with Crippen LogP contribution in [0.2, 0.25) is 0 Å². The van der Waals surface area contributed by atoms with Crippen LogP contribution in [0.25, 0.3) is 0 Å². The molecule has 0 spiro atoms. The monoisotopic (exact) mass is 383 g/mol. The highest BCUT2D eigenvalue weighted by Gasteiger charge is 2.35. The molecule has 9 heteroatoms. The van der Waals surface area contributed by atoms with Gasteiger partial charge in [0, 0.05) is 0 Å². The van der Waals surface area contributed by atoms with Gasteiger partial charge in [-0.1, -0.05) is 30.3 Å². The number of alkyl halides is 3. The van der Waals surface area contributed by atoms with E-state index < -0.39 is 35.1 Å². The lowest BCUT2D eigenvalue weighted by Crippen LogP contribution is -2.28. The average molecular weight is 383 g/mol. The molecule has 0 aliphatic carbocycles. The van der Waals surface area contributed by atoms with Crippen molar-refractivity contribution in [2.75, 3.05) is 13.2 Å². The topological polar surface area (TPSA) is 84.9 Å². The quantitative estimate of drug-likeness (QED) is 0.712. The van der Waals surface area contributed by atoms with Gasteiger partial charge < -0.3 is 19.9 Å². The molecule has 0 aliphatic heterocycles. The van der Waals surface area contributed by atoms with Gasteiger partial charge >= 0.3 is 18.2 Å². The number of rotatable bonds is 7. The van der Waals surface area contributed by atoms with Gasteiger partial charge in [0.1, 0.15) is 19.0 Å². The van der Waals surface area contributed by atoms with Crippen LogP contribution in [0.5, 0.6) is 5.75 Å². The number of hydrogen-bond acceptors (Lipinski definition) is 4. The maximum atomic E-state index is 13.0. The molecule has 1 amide bonds. The standard InChI is InChI=1S/C18H16F3NO5/c19-18(20,21)14-10-13(16(23)24)6-7-15(14)26-9-8-22-17(25)27-11-12-4-2-1-3-5-12/h1-7,10H,8-9,11H2,(H,22,25)(H,23,24). The van der Waals surface area contributed by atoms with Crippen molar-refractivity contribution >= 4 is 12.1 Å². The first-order valence-corrected chi connectivity index (χ1v) is 7.79. The zero-order valence-corrected chi connectivity index (χ0v) is 14.0. The van der Waals surface area contributed by atoms with Gasteiger partial charge in [0.25, 0.3) is 0 Å². The van der Waals surface area contributed by atoms with E-state index in [4.69, 9.17) is 14.6 Å². The van der Waals surface area contributed by atoms with Gasteiger partial charge in [-0.05, 0) is 23.8 Å². The predicted molar refractivity (Wildman–Crippen MR) is 88.5 cm³/mol. The second-order valence-corrected chi connectivity index (χ2v) is 5.35. The zero-order valence-electron chi connectivity index (χ0n) is 14.0. The number of carbonyl (C=O) groups excluding carboxylic acids is 1. The first kappa shape index (κ1) is 20.1. The third-order valence-electron chi connectivity index (χ3n) is 3.37. The number of benzene rings is 2. The first-order valence-electron chi connectivity index (χ1n) is 7.79. The smallest absolute Gasteiger partial charge is 0.419 e. The van der Waals surface area contributed by atoms with Crippen LogP contribution < -0.4 is 10.1 Å². The van der Waals surface area contributed by atoms with Gasteiger partial charge in [-0.2, -0.15) is 13.2 Å². The lowest BCUT2D eigenvalue weighted by Gasteiger charge is -2.15. The van der Waals surface area contributed by atoms with Crippen LogP contribution in [0.15, 0.2) is 48.5 Å². The zero-order chi connectivity index (χ0) is 19.9. The molecular formula is C18H16F3NO5. The predicted octanol–water partition coefficient (Wildman–Crippen LogP) is 3.71. The Kier molecular flexibility index (Phi) is 6.64. The van der Waals surface area contributed by atoms with E-state index in [0.29, 0.717) is 6.07 Å². The summed E-state index contributed by atoms with van der Waals surface area (Å²) in [7, 11) is 0. The van der Waals surface area contributed by atoms with E-state index in [9.17, 15) is 22.8 Å². The minimum Gasteiger partial charge on any atom is -0.491 e. The molecule has 0 atom stereocenters. The van der Waals surface area contributed by atoms with E-state index in [1.54, 1.807) is 24.3 Å². The fourth-order valence-corrected chi connectivity index (χ4v) is 2.10. The molecule has 0 fully saturated rings. The molecule has 2 N–H and O–H groups in total. The van der Waals surface area contributed by atoms with Crippen LogP contribution >= 0.6 is 0 Å². The second kappa shape index (κ2) is 8.93. The van der Waals surface area contributed by atoms with Crippen molar-refractivity contribution < 1.29 is 37.3 Å². The van der Waals surface area contributed by atoms with Crippen molar-refractivity contribution in [3.8, 4) is 5.75 Å². The van der Waals surface area contributed by atoms with Gasteiger partial charge in [0.05, 0.1) is 17.7 Å². The average Bonchev–Trinajstić information content (AvgIpc) is 2.63. The molecule has 27 heavy (non-hydrogen) atoms. The molecule has 0 aliphatic rings. The molecule has 6 nitrogen and oxygen atoms in total. The number of amides is 1. The van der Waals surface area contributed by atoms with Gasteiger partial charge in [0.15, 0.2) is 0 Å². The highest BCUT2D eigenvalue weighted by Crippen LogP contribution is 2.36. The van der Waals surface area contributed by atoms with Crippen LogP contribution in [-0.2, 0) is 17.5 Å². The molecule has 0 heterocycles. The lowest BCUT2D eigenvalue weighted by molar-refractivity contribution is -0.139. The summed E-state index contributed by atoms with van der Waals surface area (Å²) < 4.78 is 49.1. The lowest BCUT2D eigenvalue weighted by atomic mass is 10.1. The van der Waals surface area contributed by atoms with E-state index in [1.165, 1.54) is 0 Å². The highest BCUT2D eigenvalue weighted by molar-refractivity contribution is 5.88. The summed E-state index contributed by atoms with van der Waals surface area (Å²) in [4.78, 5) is 22.4. The Labute approximate surface area is 152 Å². The molecular weight excluding hydrogens is 367 g/mol. The van der Waals surface area contributed by atoms with Crippen molar-refractivity contribution in [2.24, 2.45) is 0 Å². The Hall–Kier alpha value is -3.23. The Bertz CT molecular complexity index is 793. The Morgan fingerprint density at radius 2 is 1.78 bits per heavy atom. The van der Waals surface area contributed by atoms with Gasteiger partial charge in [-0.3, -0.25) is 0 Å². The number of carboxylic acids is 1. The molecule has 2 aromatic rings. The summed E-state index contributed by atoms with van der Waals surface area (Å²) in [6, 6.07) is 11.4. The second-order valence-electron chi connectivity index (χ2n) is 5.35. The number of hydrogen-bond donors (Lipinski definition) is 2. The normalized spacial score (nSPS) is 10.9. The van der Waals surface area contributed by atoms with Crippen molar-refractivity contribution in [3.63, 3.8) is 0 Å². The highest BCUT2D eigenvalue weighted by atomic mass is 19.4. The molecule has 2 rings (SSSR count). The van der Waals surface area contributed by atoms with E-state index in [0.717, 1.165) is 17.7 Å². The third-order valence-corrected chi connectivity index (χ3v) is 3.37. The number of carboxylic acid groups (broad SMARTS) is 1. The molecule has 2 aromatic carbocycles. The molecule has 0 saturated carbocycles. The first-order chi connectivity index (χ1) is 12.8. The Balaban J connectivity index is 1.84. The van der Waals surface area contributed by atoms with Crippen molar-refractivity contribution in [1.82, 2.24) is 5.32 Å². The largest absolute Gasteiger partial charge is 0.491 e. The van der Waals surface area contributed by atoms with Crippen molar-refractivity contribution in [2.45, 2.75) is 12.8 Å². The number of carbonyl (C=O) groups is 2. The fraction of sp³-hybridized carbons (Fsp3) is 0.222. The molecule has 0 aromatic heterocycles.